The highest BCUT2D eigenvalue weighted by Crippen LogP contribution is 2.29. The number of benzene rings is 1. The number of amides is 1. The van der Waals surface area contributed by atoms with Crippen LogP contribution in [0, 0.1) is 0 Å². The van der Waals surface area contributed by atoms with Gasteiger partial charge in [0.05, 0.1) is 23.2 Å². The van der Waals surface area contributed by atoms with E-state index in [0.29, 0.717) is 17.2 Å². The van der Waals surface area contributed by atoms with Crippen molar-refractivity contribution in [3.8, 4) is 5.75 Å². The summed E-state index contributed by atoms with van der Waals surface area (Å²) in [5.74, 6) is 0.644. The van der Waals surface area contributed by atoms with Crippen LogP contribution in [-0.4, -0.2) is 12.5 Å². The maximum absolute atomic E-state index is 12.7. The molecule has 0 fully saturated rings. The van der Waals surface area contributed by atoms with Crippen molar-refractivity contribution in [3.05, 3.63) is 58.9 Å². The summed E-state index contributed by atoms with van der Waals surface area (Å²) in [5.41, 5.74) is 1.65. The maximum Gasteiger partial charge on any atom is 0.252 e. The van der Waals surface area contributed by atoms with E-state index in [1.54, 1.807) is 0 Å². The van der Waals surface area contributed by atoms with Crippen LogP contribution >= 0.6 is 11.6 Å². The summed E-state index contributed by atoms with van der Waals surface area (Å²) in [7, 11) is 0. The Balaban J connectivity index is 1.66. The number of hydrogen-bond acceptors (Lipinski definition) is 2. The summed E-state index contributed by atoms with van der Waals surface area (Å²) in [6.45, 7) is 7.98. The van der Waals surface area contributed by atoms with E-state index in [-0.39, 0.29) is 11.9 Å². The van der Waals surface area contributed by atoms with E-state index in [1.165, 1.54) is 70.6 Å². The minimum Gasteiger partial charge on any atom is -0.492 e. The predicted molar refractivity (Wildman–Crippen MR) is 151 cm³/mol. The molecule has 0 aliphatic carbocycles. The van der Waals surface area contributed by atoms with Gasteiger partial charge in [0.25, 0.3) is 5.91 Å². The van der Waals surface area contributed by atoms with Crippen molar-refractivity contribution in [2.24, 2.45) is 0 Å². The Morgan fingerprint density at radius 2 is 1.44 bits per heavy atom. The van der Waals surface area contributed by atoms with Gasteiger partial charge in [-0.05, 0) is 37.5 Å². The summed E-state index contributed by atoms with van der Waals surface area (Å²) in [4.78, 5) is 12.7. The molecule has 1 aromatic heterocycles. The summed E-state index contributed by atoms with van der Waals surface area (Å²) >= 11 is 6.53. The molecular weight excluding hydrogens is 468 g/mol. The van der Waals surface area contributed by atoms with Gasteiger partial charge in [0, 0.05) is 12.1 Å². The third kappa shape index (κ3) is 11.3. The van der Waals surface area contributed by atoms with Crippen LogP contribution < -0.4 is 14.6 Å². The molecule has 1 aromatic carbocycles. The number of carbonyl (C=O) groups is 1. The molecule has 0 radical (unpaired) electrons. The van der Waals surface area contributed by atoms with E-state index in [9.17, 15) is 4.79 Å². The predicted octanol–water partition coefficient (Wildman–Crippen LogP) is 8.61. The van der Waals surface area contributed by atoms with Gasteiger partial charge in [-0.15, -0.1) is 0 Å². The van der Waals surface area contributed by atoms with Crippen molar-refractivity contribution < 1.29 is 14.1 Å². The second-order valence-corrected chi connectivity index (χ2v) is 10.2. The van der Waals surface area contributed by atoms with Gasteiger partial charge in [0.15, 0.2) is 12.4 Å². The number of rotatable bonds is 19. The Bertz CT molecular complexity index is 869. The first kappa shape index (κ1) is 30.2. The molecule has 1 heterocycles. The molecule has 1 atom stereocenters. The third-order valence-corrected chi connectivity index (χ3v) is 7.14. The van der Waals surface area contributed by atoms with Gasteiger partial charge in [-0.25, -0.2) is 4.57 Å². The van der Waals surface area contributed by atoms with Crippen LogP contribution in [0.2, 0.25) is 5.02 Å². The monoisotopic (exact) mass is 515 g/mol. The molecule has 200 valence electrons. The molecule has 36 heavy (non-hydrogen) atoms. The van der Waals surface area contributed by atoms with Crippen molar-refractivity contribution in [2.45, 2.75) is 117 Å². The van der Waals surface area contributed by atoms with E-state index in [2.05, 4.69) is 26.1 Å². The zero-order chi connectivity index (χ0) is 26.0. The molecule has 0 bridgehead atoms. The van der Waals surface area contributed by atoms with Gasteiger partial charge in [0.1, 0.15) is 12.3 Å². The number of carbonyl (C=O) groups excluding carboxylic acids is 1. The molecule has 2 aromatic rings. The summed E-state index contributed by atoms with van der Waals surface area (Å²) < 4.78 is 7.98. The number of aryl methyl sites for hydroxylation is 1. The molecule has 0 saturated heterocycles. The first-order chi connectivity index (χ1) is 17.6. The van der Waals surface area contributed by atoms with E-state index >= 15 is 0 Å². The number of halogens is 1. The van der Waals surface area contributed by atoms with Crippen LogP contribution in [0.25, 0.3) is 0 Å². The topological polar surface area (TPSA) is 42.2 Å². The molecule has 1 unspecified atom stereocenters. The van der Waals surface area contributed by atoms with Crippen molar-refractivity contribution >= 4 is 17.5 Å². The Hall–Kier alpha value is -2.07. The van der Waals surface area contributed by atoms with Crippen molar-refractivity contribution in [3.63, 3.8) is 0 Å². The highest BCUT2D eigenvalue weighted by atomic mass is 35.5. The Kier molecular flexibility index (Phi) is 15.3. The van der Waals surface area contributed by atoms with Crippen LogP contribution in [0.5, 0.6) is 5.75 Å². The SMILES string of the molecule is CCCCCCCCCCCCCCOc1ccc(C(CC)NC(=O)c2cc[n+](CC)cc2)cc1Cl. The Morgan fingerprint density at radius 1 is 0.861 bits per heavy atom. The molecule has 0 aliphatic rings. The fourth-order valence-electron chi connectivity index (χ4n) is 4.46. The lowest BCUT2D eigenvalue weighted by molar-refractivity contribution is -0.693. The van der Waals surface area contributed by atoms with Crippen molar-refractivity contribution in [1.82, 2.24) is 5.32 Å². The molecule has 1 N–H and O–H groups in total. The molecule has 0 aliphatic heterocycles. The standard InChI is InChI=1S/C31H47ClN2O2/c1-4-7-8-9-10-11-12-13-14-15-16-17-24-36-30-19-18-27(25-28(30)32)29(5-2)33-31(35)26-20-22-34(6-3)23-21-26/h18-23,25,29H,4-17,24H2,1-3H3/p+1. The summed E-state index contributed by atoms with van der Waals surface area (Å²) in [6, 6.07) is 9.46. The second kappa shape index (κ2) is 18.2. The van der Waals surface area contributed by atoms with E-state index in [0.717, 1.165) is 30.7 Å². The first-order valence-electron chi connectivity index (χ1n) is 14.3. The fraction of sp³-hybridized carbons (Fsp3) is 0.613. The summed E-state index contributed by atoms with van der Waals surface area (Å²) in [6.07, 6.45) is 20.6. The quantitative estimate of drug-likeness (QED) is 0.150. The van der Waals surface area contributed by atoms with Gasteiger partial charge in [-0.2, -0.15) is 0 Å². The van der Waals surface area contributed by atoms with Gasteiger partial charge in [-0.1, -0.05) is 102 Å². The smallest absolute Gasteiger partial charge is 0.252 e. The molecule has 0 spiro atoms. The van der Waals surface area contributed by atoms with Gasteiger partial charge < -0.3 is 10.1 Å². The number of hydrogen-bond donors (Lipinski definition) is 1. The highest BCUT2D eigenvalue weighted by Gasteiger charge is 2.16. The summed E-state index contributed by atoms with van der Waals surface area (Å²) in [5, 5.41) is 3.73. The van der Waals surface area contributed by atoms with Crippen LogP contribution in [-0.2, 0) is 6.54 Å². The zero-order valence-electron chi connectivity index (χ0n) is 22.9. The molecule has 5 heteroatoms. The van der Waals surface area contributed by atoms with Gasteiger partial charge in [0.2, 0.25) is 0 Å². The maximum atomic E-state index is 12.7. The average Bonchev–Trinajstić information content (AvgIpc) is 2.90. The number of aromatic nitrogens is 1. The molecular formula is C31H48ClN2O2+. The largest absolute Gasteiger partial charge is 0.492 e. The normalized spacial score (nSPS) is 11.9. The van der Waals surface area contributed by atoms with Gasteiger partial charge in [-0.3, -0.25) is 4.79 Å². The van der Waals surface area contributed by atoms with E-state index in [1.807, 2.05) is 47.3 Å². The van der Waals surface area contributed by atoms with Crippen LogP contribution in [0.1, 0.15) is 126 Å². The van der Waals surface area contributed by atoms with E-state index < -0.39 is 0 Å². The first-order valence-corrected chi connectivity index (χ1v) is 14.7. The van der Waals surface area contributed by atoms with Gasteiger partial charge >= 0.3 is 0 Å². The molecule has 2 rings (SSSR count). The molecule has 0 saturated carbocycles. The number of pyridine rings is 1. The Labute approximate surface area is 224 Å². The van der Waals surface area contributed by atoms with E-state index in [4.69, 9.17) is 16.3 Å². The van der Waals surface area contributed by atoms with Crippen molar-refractivity contribution in [2.75, 3.05) is 6.61 Å². The zero-order valence-corrected chi connectivity index (χ0v) is 23.6. The van der Waals surface area contributed by atoms with Crippen LogP contribution in [0.15, 0.2) is 42.7 Å². The fourth-order valence-corrected chi connectivity index (χ4v) is 4.70. The number of nitrogens with one attached hydrogen (secondary N) is 1. The highest BCUT2D eigenvalue weighted by molar-refractivity contribution is 6.32. The molecule has 1 amide bonds. The lowest BCUT2D eigenvalue weighted by Crippen LogP contribution is -2.33. The molecule has 4 nitrogen and oxygen atoms in total. The second-order valence-electron chi connectivity index (χ2n) is 9.78. The number of unbranched alkanes of at least 4 members (excludes halogenated alkanes) is 11. The lowest BCUT2D eigenvalue weighted by Gasteiger charge is -2.19. The minimum atomic E-state index is -0.0982. The average molecular weight is 516 g/mol. The Morgan fingerprint density at radius 3 is 1.97 bits per heavy atom. The van der Waals surface area contributed by atoms with Crippen molar-refractivity contribution in [1.29, 1.82) is 0 Å². The number of ether oxygens (including phenoxy) is 1. The lowest BCUT2D eigenvalue weighted by atomic mass is 10.0. The number of nitrogens with zero attached hydrogens (tertiary/aromatic N) is 1. The van der Waals surface area contributed by atoms with Crippen LogP contribution in [0.3, 0.4) is 0 Å². The third-order valence-electron chi connectivity index (χ3n) is 6.85. The van der Waals surface area contributed by atoms with Crippen LogP contribution in [0.4, 0.5) is 0 Å². The minimum absolute atomic E-state index is 0.0754.